The van der Waals surface area contributed by atoms with Crippen molar-refractivity contribution in [3.05, 3.63) is 90.5 Å². The maximum Gasteiger partial charge on any atom is 0.227 e. The zero-order valence-corrected chi connectivity index (χ0v) is 18.7. The molecular formula is C27H24N6O. The van der Waals surface area contributed by atoms with E-state index in [9.17, 15) is 4.79 Å². The van der Waals surface area contributed by atoms with Crippen molar-refractivity contribution in [2.75, 3.05) is 31.1 Å². The SMILES string of the molecule is O=C(Cc1ccccc1)N1CCN(c2nc3ccccc3c3nnc(-c4ccccc4)n23)CC1. The van der Waals surface area contributed by atoms with Crippen molar-refractivity contribution in [3.8, 4) is 11.4 Å². The summed E-state index contributed by atoms with van der Waals surface area (Å²) < 4.78 is 2.05. The Morgan fingerprint density at radius 2 is 1.44 bits per heavy atom. The standard InChI is InChI=1S/C27H24N6O/c34-24(19-20-9-3-1-4-10-20)31-15-17-32(18-16-31)27-28-23-14-8-7-13-22(23)26-30-29-25(33(26)27)21-11-5-2-6-12-21/h1-14H,15-19H2. The minimum Gasteiger partial charge on any atom is -0.339 e. The lowest BCUT2D eigenvalue weighted by Crippen LogP contribution is -2.50. The summed E-state index contributed by atoms with van der Waals surface area (Å²) in [5.41, 5.74) is 3.72. The summed E-state index contributed by atoms with van der Waals surface area (Å²) in [6.07, 6.45) is 0.433. The number of anilines is 1. The van der Waals surface area contributed by atoms with E-state index in [0.717, 1.165) is 39.4 Å². The zero-order valence-electron chi connectivity index (χ0n) is 18.7. The number of piperazine rings is 1. The second-order valence-corrected chi connectivity index (χ2v) is 8.51. The molecule has 5 aromatic rings. The van der Waals surface area contributed by atoms with Crippen LogP contribution in [0.4, 0.5) is 5.95 Å². The maximum absolute atomic E-state index is 12.9. The molecule has 34 heavy (non-hydrogen) atoms. The van der Waals surface area contributed by atoms with E-state index in [1.54, 1.807) is 0 Å². The highest BCUT2D eigenvalue weighted by Gasteiger charge is 2.26. The monoisotopic (exact) mass is 448 g/mol. The van der Waals surface area contributed by atoms with Crippen LogP contribution in [0.3, 0.4) is 0 Å². The predicted octanol–water partition coefficient (Wildman–Crippen LogP) is 3.84. The highest BCUT2D eigenvalue weighted by Crippen LogP contribution is 2.28. The third kappa shape index (κ3) is 3.65. The second kappa shape index (κ2) is 8.59. The van der Waals surface area contributed by atoms with Crippen molar-refractivity contribution in [2.45, 2.75) is 6.42 Å². The number of amides is 1. The number of carbonyl (C=O) groups is 1. The highest BCUT2D eigenvalue weighted by molar-refractivity contribution is 5.93. The molecule has 0 N–H and O–H groups in total. The number of rotatable bonds is 4. The first-order chi connectivity index (χ1) is 16.8. The van der Waals surface area contributed by atoms with Crippen LogP contribution in [-0.4, -0.2) is 56.6 Å². The molecule has 0 saturated carbocycles. The van der Waals surface area contributed by atoms with Crippen LogP contribution in [0.5, 0.6) is 0 Å². The zero-order chi connectivity index (χ0) is 22.9. The molecule has 7 heteroatoms. The minimum atomic E-state index is 0.164. The van der Waals surface area contributed by atoms with Crippen molar-refractivity contribution in [1.82, 2.24) is 24.5 Å². The van der Waals surface area contributed by atoms with E-state index >= 15 is 0 Å². The Morgan fingerprint density at radius 1 is 0.765 bits per heavy atom. The molecule has 6 rings (SSSR count). The molecule has 3 aromatic carbocycles. The number of benzene rings is 3. The molecule has 1 fully saturated rings. The molecule has 2 aromatic heterocycles. The smallest absolute Gasteiger partial charge is 0.227 e. The van der Waals surface area contributed by atoms with Crippen LogP contribution in [0.1, 0.15) is 5.56 Å². The molecule has 1 saturated heterocycles. The van der Waals surface area contributed by atoms with Crippen LogP contribution < -0.4 is 4.90 Å². The van der Waals surface area contributed by atoms with Crippen LogP contribution in [0.15, 0.2) is 84.9 Å². The third-order valence-corrected chi connectivity index (χ3v) is 6.37. The molecule has 0 radical (unpaired) electrons. The van der Waals surface area contributed by atoms with Gasteiger partial charge in [0, 0.05) is 37.1 Å². The average Bonchev–Trinajstić information content (AvgIpc) is 3.35. The number of para-hydroxylation sites is 1. The number of fused-ring (bicyclic) bond motifs is 3. The Labute approximate surface area is 197 Å². The van der Waals surface area contributed by atoms with Gasteiger partial charge in [0.15, 0.2) is 11.5 Å². The second-order valence-electron chi connectivity index (χ2n) is 8.51. The highest BCUT2D eigenvalue weighted by atomic mass is 16.2. The first-order valence-corrected chi connectivity index (χ1v) is 11.5. The Kier molecular flexibility index (Phi) is 5.14. The molecule has 1 aliphatic rings. The normalized spacial score (nSPS) is 14.1. The van der Waals surface area contributed by atoms with E-state index < -0.39 is 0 Å². The minimum absolute atomic E-state index is 0.164. The van der Waals surface area contributed by atoms with E-state index in [4.69, 9.17) is 4.98 Å². The fourth-order valence-corrected chi connectivity index (χ4v) is 4.59. The first kappa shape index (κ1) is 20.4. The van der Waals surface area contributed by atoms with Gasteiger partial charge in [0.25, 0.3) is 0 Å². The molecular weight excluding hydrogens is 424 g/mol. The lowest BCUT2D eigenvalue weighted by molar-refractivity contribution is -0.130. The number of nitrogens with zero attached hydrogens (tertiary/aromatic N) is 6. The van der Waals surface area contributed by atoms with Crippen molar-refractivity contribution >= 4 is 28.4 Å². The molecule has 0 unspecified atom stereocenters. The van der Waals surface area contributed by atoms with Crippen molar-refractivity contribution in [3.63, 3.8) is 0 Å². The lowest BCUT2D eigenvalue weighted by atomic mass is 10.1. The van der Waals surface area contributed by atoms with Gasteiger partial charge < -0.3 is 9.80 Å². The molecule has 1 amide bonds. The van der Waals surface area contributed by atoms with Gasteiger partial charge in [-0.3, -0.25) is 4.79 Å². The Balaban J connectivity index is 1.33. The van der Waals surface area contributed by atoms with Crippen molar-refractivity contribution in [1.29, 1.82) is 0 Å². The lowest BCUT2D eigenvalue weighted by Gasteiger charge is -2.35. The number of carbonyl (C=O) groups excluding carboxylic acids is 1. The Morgan fingerprint density at radius 3 is 2.21 bits per heavy atom. The van der Waals surface area contributed by atoms with Crippen LogP contribution in [-0.2, 0) is 11.2 Å². The summed E-state index contributed by atoms with van der Waals surface area (Å²) in [5.74, 6) is 1.75. The van der Waals surface area contributed by atoms with Crippen LogP contribution in [0.25, 0.3) is 27.9 Å². The van der Waals surface area contributed by atoms with Gasteiger partial charge in [-0.05, 0) is 17.7 Å². The molecule has 0 atom stereocenters. The summed E-state index contributed by atoms with van der Waals surface area (Å²) in [4.78, 5) is 22.1. The van der Waals surface area contributed by atoms with Gasteiger partial charge in [0.1, 0.15) is 0 Å². The van der Waals surface area contributed by atoms with E-state index in [-0.39, 0.29) is 5.91 Å². The molecule has 0 bridgehead atoms. The quantitative estimate of drug-likeness (QED) is 0.418. The Hall–Kier alpha value is -4.26. The van der Waals surface area contributed by atoms with Gasteiger partial charge in [-0.25, -0.2) is 9.38 Å². The maximum atomic E-state index is 12.9. The molecule has 1 aliphatic heterocycles. The van der Waals surface area contributed by atoms with E-state index in [1.165, 1.54) is 0 Å². The topological polar surface area (TPSA) is 66.6 Å². The summed E-state index contributed by atoms with van der Waals surface area (Å²) in [6.45, 7) is 2.72. The van der Waals surface area contributed by atoms with Crippen molar-refractivity contribution < 1.29 is 4.79 Å². The van der Waals surface area contributed by atoms with E-state index in [1.807, 2.05) is 89.8 Å². The van der Waals surface area contributed by atoms with E-state index in [2.05, 4.69) is 19.5 Å². The third-order valence-electron chi connectivity index (χ3n) is 6.37. The van der Waals surface area contributed by atoms with Gasteiger partial charge in [-0.15, -0.1) is 10.2 Å². The van der Waals surface area contributed by atoms with Crippen LogP contribution in [0.2, 0.25) is 0 Å². The summed E-state index contributed by atoms with van der Waals surface area (Å²) in [7, 11) is 0. The van der Waals surface area contributed by atoms with Gasteiger partial charge in [-0.1, -0.05) is 72.8 Å². The average molecular weight is 449 g/mol. The molecule has 7 nitrogen and oxygen atoms in total. The van der Waals surface area contributed by atoms with Crippen LogP contribution >= 0.6 is 0 Å². The van der Waals surface area contributed by atoms with Crippen molar-refractivity contribution in [2.24, 2.45) is 0 Å². The molecule has 0 spiro atoms. The number of hydrogen-bond donors (Lipinski definition) is 0. The van der Waals surface area contributed by atoms with Gasteiger partial charge in [0.2, 0.25) is 11.9 Å². The number of hydrogen-bond acceptors (Lipinski definition) is 5. The fourth-order valence-electron chi connectivity index (χ4n) is 4.59. The molecule has 0 aliphatic carbocycles. The van der Waals surface area contributed by atoms with Crippen LogP contribution in [0, 0.1) is 0 Å². The largest absolute Gasteiger partial charge is 0.339 e. The molecule has 168 valence electrons. The van der Waals surface area contributed by atoms with Gasteiger partial charge in [-0.2, -0.15) is 0 Å². The summed E-state index contributed by atoms with van der Waals surface area (Å²) in [6, 6.07) is 28.0. The van der Waals surface area contributed by atoms with Gasteiger partial charge in [0.05, 0.1) is 11.9 Å². The first-order valence-electron chi connectivity index (χ1n) is 11.5. The number of aromatic nitrogens is 4. The van der Waals surface area contributed by atoms with E-state index in [0.29, 0.717) is 32.6 Å². The summed E-state index contributed by atoms with van der Waals surface area (Å²) in [5, 5.41) is 10.1. The van der Waals surface area contributed by atoms with Gasteiger partial charge >= 0.3 is 0 Å². The molecule has 3 heterocycles. The fraction of sp³-hybridized carbons (Fsp3) is 0.185. The Bertz CT molecular complexity index is 1460. The summed E-state index contributed by atoms with van der Waals surface area (Å²) >= 11 is 0. The predicted molar refractivity (Wildman–Crippen MR) is 133 cm³/mol.